The van der Waals surface area contributed by atoms with Gasteiger partial charge in [0, 0.05) is 0 Å². The Kier molecular flexibility index (Phi) is 8.33. The highest BCUT2D eigenvalue weighted by atomic mass is 16.7. The van der Waals surface area contributed by atoms with Gasteiger partial charge in [-0.1, -0.05) is 36.9 Å². The number of nitrogens with zero attached hydrogens (tertiary/aromatic N) is 1. The number of aliphatic imine (C=N–C) groups is 1. The van der Waals surface area contributed by atoms with Crippen molar-refractivity contribution in [2.24, 2.45) is 4.99 Å². The maximum atomic E-state index is 10.6. The third-order valence-corrected chi connectivity index (χ3v) is 5.50. The fraction of sp³-hybridized carbons (Fsp3) is 0.571. The van der Waals surface area contributed by atoms with Crippen molar-refractivity contribution in [1.82, 2.24) is 0 Å². The second kappa shape index (κ2) is 10.8. The van der Waals surface area contributed by atoms with Crippen molar-refractivity contribution in [3.8, 4) is 0 Å². The molecule has 2 aliphatic heterocycles. The van der Waals surface area contributed by atoms with Gasteiger partial charge in [0.25, 0.3) is 0 Å². The van der Waals surface area contributed by atoms with Gasteiger partial charge in [-0.25, -0.2) is 4.99 Å². The molecule has 0 unspecified atom stereocenters. The maximum Gasteiger partial charge on any atom is 0.216 e. The second-order valence-electron chi connectivity index (χ2n) is 7.67. The molecule has 11 nitrogen and oxygen atoms in total. The average Bonchev–Trinajstić information content (AvgIpc) is 2.81. The first-order chi connectivity index (χ1) is 15.3. The van der Waals surface area contributed by atoms with Crippen LogP contribution in [0, 0.1) is 0 Å². The van der Waals surface area contributed by atoms with E-state index >= 15 is 0 Å². The Morgan fingerprint density at radius 2 is 1.56 bits per heavy atom. The van der Waals surface area contributed by atoms with Crippen LogP contribution in [0.4, 0.5) is 0 Å². The molecule has 7 N–H and O–H groups in total. The van der Waals surface area contributed by atoms with E-state index in [1.807, 2.05) is 24.3 Å². The molecule has 0 bridgehead atoms. The van der Waals surface area contributed by atoms with Crippen LogP contribution in [0.1, 0.15) is 11.1 Å². The number of ether oxygens (including phenoxy) is 3. The standard InChI is InChI=1S/C21H29NO10/c1-2-10-3-5-11(6-4-10)7-22-20-17(28)16(27)19(13(9-24)30-20)32-21-18(29)15(26)14(25)12(8-23)31-21/h2-6,12-19,21,23-29H,1,7-9H2/t12-,13-,14+,15+,16-,17-,18-,19-,21+/m1/s1. The minimum absolute atomic E-state index is 0.146. The molecule has 11 heteroatoms. The van der Waals surface area contributed by atoms with E-state index < -0.39 is 68.3 Å². The minimum atomic E-state index is -1.72. The molecular weight excluding hydrogens is 426 g/mol. The number of aliphatic hydroxyl groups is 7. The first-order valence-electron chi connectivity index (χ1n) is 10.2. The van der Waals surface area contributed by atoms with Gasteiger partial charge in [0.1, 0.15) is 36.6 Å². The molecule has 178 valence electrons. The molecule has 9 atom stereocenters. The van der Waals surface area contributed by atoms with Crippen LogP contribution in [-0.2, 0) is 20.8 Å². The SMILES string of the molecule is C=Cc1ccc(CN=C2O[C@H](CO)[C@@H](O[C@@H]3O[C@H](CO)[C@H](O)[C@H](O)[C@H]3O)[C@H](O)[C@H]2O)cc1. The van der Waals surface area contributed by atoms with Crippen molar-refractivity contribution in [2.75, 3.05) is 13.2 Å². The van der Waals surface area contributed by atoms with Crippen LogP contribution in [0.25, 0.3) is 6.08 Å². The lowest BCUT2D eigenvalue weighted by molar-refractivity contribution is -0.328. The maximum absolute atomic E-state index is 10.6. The molecule has 0 aliphatic carbocycles. The highest BCUT2D eigenvalue weighted by molar-refractivity contribution is 5.82. The lowest BCUT2D eigenvalue weighted by Crippen LogP contribution is -2.63. The summed E-state index contributed by atoms with van der Waals surface area (Å²) in [4.78, 5) is 4.19. The Balaban J connectivity index is 1.71. The summed E-state index contributed by atoms with van der Waals surface area (Å²) in [6, 6.07) is 7.33. The van der Waals surface area contributed by atoms with Gasteiger partial charge >= 0.3 is 0 Å². The zero-order chi connectivity index (χ0) is 23.4. The molecule has 2 saturated heterocycles. The van der Waals surface area contributed by atoms with E-state index in [1.54, 1.807) is 6.08 Å². The van der Waals surface area contributed by atoms with Gasteiger partial charge in [-0.05, 0) is 11.1 Å². The van der Waals surface area contributed by atoms with Crippen LogP contribution in [-0.4, -0.2) is 110 Å². The van der Waals surface area contributed by atoms with Gasteiger partial charge < -0.3 is 50.0 Å². The summed E-state index contributed by atoms with van der Waals surface area (Å²) in [5.74, 6) is -0.196. The number of hydrogen-bond donors (Lipinski definition) is 7. The molecule has 0 aromatic heterocycles. The number of hydrogen-bond acceptors (Lipinski definition) is 11. The number of rotatable bonds is 7. The summed E-state index contributed by atoms with van der Waals surface area (Å²) in [6.45, 7) is 2.54. The molecule has 0 saturated carbocycles. The Hall–Kier alpha value is -1.93. The largest absolute Gasteiger partial charge is 0.470 e. The van der Waals surface area contributed by atoms with Gasteiger partial charge in [-0.3, -0.25) is 0 Å². The molecule has 2 fully saturated rings. The quantitative estimate of drug-likeness (QED) is 0.233. The van der Waals surface area contributed by atoms with Crippen molar-refractivity contribution < 1.29 is 50.0 Å². The Morgan fingerprint density at radius 1 is 0.906 bits per heavy atom. The summed E-state index contributed by atoms with van der Waals surface area (Å²) < 4.78 is 16.3. The van der Waals surface area contributed by atoms with Crippen molar-refractivity contribution in [3.63, 3.8) is 0 Å². The molecule has 2 heterocycles. The lowest BCUT2D eigenvalue weighted by Gasteiger charge is -2.44. The van der Waals surface area contributed by atoms with Crippen LogP contribution < -0.4 is 0 Å². The summed E-state index contributed by atoms with van der Waals surface area (Å²) >= 11 is 0. The fourth-order valence-corrected chi connectivity index (χ4v) is 3.54. The predicted octanol–water partition coefficient (Wildman–Crippen LogP) is -2.47. The topological polar surface area (TPSA) is 182 Å². The average molecular weight is 455 g/mol. The molecule has 2 aliphatic rings. The van der Waals surface area contributed by atoms with Crippen molar-refractivity contribution in [2.45, 2.75) is 61.7 Å². The van der Waals surface area contributed by atoms with Gasteiger partial charge in [0.2, 0.25) is 5.90 Å². The van der Waals surface area contributed by atoms with E-state index in [1.165, 1.54) is 0 Å². The Morgan fingerprint density at radius 3 is 2.16 bits per heavy atom. The first-order valence-corrected chi connectivity index (χ1v) is 10.2. The summed E-state index contributed by atoms with van der Waals surface area (Å²) in [5, 5.41) is 70.0. The molecule has 0 radical (unpaired) electrons. The van der Waals surface area contributed by atoms with Crippen LogP contribution in [0.15, 0.2) is 35.8 Å². The third-order valence-electron chi connectivity index (χ3n) is 5.50. The van der Waals surface area contributed by atoms with Gasteiger partial charge in [-0.15, -0.1) is 0 Å². The highest BCUT2D eigenvalue weighted by Gasteiger charge is 2.49. The molecule has 32 heavy (non-hydrogen) atoms. The monoisotopic (exact) mass is 455 g/mol. The molecule has 1 aromatic carbocycles. The number of benzene rings is 1. The van der Waals surface area contributed by atoms with E-state index in [2.05, 4.69) is 11.6 Å². The molecule has 0 spiro atoms. The third kappa shape index (κ3) is 5.17. The molecule has 3 rings (SSSR count). The Bertz CT molecular complexity index is 783. The minimum Gasteiger partial charge on any atom is -0.470 e. The van der Waals surface area contributed by atoms with E-state index in [-0.39, 0.29) is 12.4 Å². The van der Waals surface area contributed by atoms with Crippen molar-refractivity contribution in [3.05, 3.63) is 42.0 Å². The van der Waals surface area contributed by atoms with E-state index in [0.717, 1.165) is 11.1 Å². The van der Waals surface area contributed by atoms with Crippen LogP contribution >= 0.6 is 0 Å². The zero-order valence-corrected chi connectivity index (χ0v) is 17.2. The number of aliphatic hydroxyl groups excluding tert-OH is 7. The van der Waals surface area contributed by atoms with Crippen molar-refractivity contribution in [1.29, 1.82) is 0 Å². The second-order valence-corrected chi connectivity index (χ2v) is 7.67. The smallest absolute Gasteiger partial charge is 0.216 e. The lowest BCUT2D eigenvalue weighted by atomic mass is 9.97. The van der Waals surface area contributed by atoms with Crippen LogP contribution in [0.2, 0.25) is 0 Å². The molecule has 0 amide bonds. The summed E-state index contributed by atoms with van der Waals surface area (Å²) in [6.07, 6.45) is -11.8. The normalized spacial score (nSPS) is 39.0. The van der Waals surface area contributed by atoms with E-state index in [4.69, 9.17) is 14.2 Å². The van der Waals surface area contributed by atoms with Gasteiger partial charge in [0.05, 0.1) is 19.8 Å². The zero-order valence-electron chi connectivity index (χ0n) is 17.2. The molecular formula is C21H29NO10. The van der Waals surface area contributed by atoms with Crippen LogP contribution in [0.5, 0.6) is 0 Å². The Labute approximate surface area is 184 Å². The van der Waals surface area contributed by atoms with Gasteiger partial charge in [-0.2, -0.15) is 0 Å². The molecule has 1 aromatic rings. The van der Waals surface area contributed by atoms with Crippen molar-refractivity contribution >= 4 is 12.0 Å². The highest BCUT2D eigenvalue weighted by Crippen LogP contribution is 2.28. The van der Waals surface area contributed by atoms with Crippen LogP contribution in [0.3, 0.4) is 0 Å². The van der Waals surface area contributed by atoms with E-state index in [9.17, 15) is 35.7 Å². The fourth-order valence-electron chi connectivity index (χ4n) is 3.54. The predicted molar refractivity (Wildman–Crippen MR) is 110 cm³/mol. The van der Waals surface area contributed by atoms with E-state index in [0.29, 0.717) is 0 Å². The summed E-state index contributed by atoms with van der Waals surface area (Å²) in [5.41, 5.74) is 1.74. The first kappa shape index (κ1) is 24.7. The van der Waals surface area contributed by atoms with Gasteiger partial charge in [0.15, 0.2) is 18.5 Å². The summed E-state index contributed by atoms with van der Waals surface area (Å²) in [7, 11) is 0.